The minimum atomic E-state index is 0. The molecular weight excluding hydrogens is 190 g/mol. The molecule has 3 nitrogen and oxygen atoms in total. The molecule has 0 unspecified atom stereocenters. The second kappa shape index (κ2) is 7.06. The molecule has 0 amide bonds. The summed E-state index contributed by atoms with van der Waals surface area (Å²) in [5.74, 6) is 0.639. The van der Waals surface area contributed by atoms with Crippen molar-refractivity contribution < 1.29 is 62.7 Å². The van der Waals surface area contributed by atoms with Crippen LogP contribution in [0.2, 0.25) is 0 Å². The minimum Gasteiger partial charge on any atom is -0.450 e. The Hall–Kier alpha value is 0.945. The van der Waals surface area contributed by atoms with E-state index < -0.39 is 0 Å². The first-order valence-corrected chi connectivity index (χ1v) is 2.12. The monoisotopic (exact) mass is 197 g/mol. The topological polar surface area (TPSA) is 38.9 Å². The average molecular weight is 198 g/mol. The molecule has 1 rings (SSSR count). The van der Waals surface area contributed by atoms with Crippen LogP contribution in [-0.4, -0.2) is 10.1 Å². The van der Waals surface area contributed by atoms with Gasteiger partial charge in [0, 0.05) is 0 Å². The molecule has 0 fully saturated rings. The molecule has 0 spiro atoms. The van der Waals surface area contributed by atoms with E-state index in [1.54, 1.807) is 0 Å². The normalized spacial score (nSPS) is 7.22. The zero-order valence-electron chi connectivity index (χ0n) is 6.01. The van der Waals surface area contributed by atoms with Gasteiger partial charge in [0.1, 0.15) is 0 Å². The van der Waals surface area contributed by atoms with Crippen LogP contribution in [0.5, 0.6) is 0 Å². The van der Waals surface area contributed by atoms with Crippen molar-refractivity contribution >= 4 is 0 Å². The van der Waals surface area contributed by atoms with Gasteiger partial charge in [0.05, 0.1) is 5.89 Å². The molecule has 46 valence electrons. The Kier molecular flexibility index (Phi) is 9.88. The molecule has 1 aromatic heterocycles. The van der Waals surface area contributed by atoms with Crippen molar-refractivity contribution in [2.45, 2.75) is 13.3 Å². The van der Waals surface area contributed by atoms with Crippen molar-refractivity contribution in [2.24, 2.45) is 0 Å². The molecule has 0 aliphatic carbocycles. The molecule has 0 aliphatic rings. The molecule has 4 heteroatoms. The number of rotatable bonds is 1. The second-order valence-corrected chi connectivity index (χ2v) is 1.14. The Balaban J connectivity index is 0. The number of nitrogens with zero attached hydrogens (tertiary/aromatic N) is 2. The van der Waals surface area contributed by atoms with Gasteiger partial charge < -0.3 is 16.9 Å². The summed E-state index contributed by atoms with van der Waals surface area (Å²) >= 11 is 0. The summed E-state index contributed by atoms with van der Waals surface area (Å²) in [5, 5.41) is 3.28. The second-order valence-electron chi connectivity index (χ2n) is 1.14. The molecule has 0 aliphatic heterocycles. The zero-order chi connectivity index (χ0) is 5.11. The van der Waals surface area contributed by atoms with E-state index in [9.17, 15) is 0 Å². The van der Waals surface area contributed by atoms with Crippen LogP contribution in [0.4, 0.5) is 0 Å². The molecule has 9 heavy (non-hydrogen) atoms. The van der Waals surface area contributed by atoms with Crippen LogP contribution < -0.4 is 58.2 Å². The maximum absolute atomic E-state index is 4.57. The molecule has 0 saturated heterocycles. The van der Waals surface area contributed by atoms with Gasteiger partial charge in [-0.3, -0.25) is 0 Å². The fraction of sp³-hybridized carbons (Fsp3) is 0.400. The van der Waals surface area contributed by atoms with Crippen LogP contribution in [-0.2, 0) is 6.42 Å². The van der Waals surface area contributed by atoms with E-state index in [0.717, 1.165) is 6.42 Å². The third-order valence-electron chi connectivity index (χ3n) is 0.669. The van der Waals surface area contributed by atoms with Crippen LogP contribution in [0.3, 0.4) is 0 Å². The maximum atomic E-state index is 4.57. The van der Waals surface area contributed by atoms with Crippen molar-refractivity contribution in [1.82, 2.24) is 10.1 Å². The zero-order valence-corrected chi connectivity index (χ0v) is 10.9. The Morgan fingerprint density at radius 3 is 2.56 bits per heavy atom. The molecular formula is C5H8N2ORb-. The van der Waals surface area contributed by atoms with Gasteiger partial charge in [-0.15, -0.1) is 0 Å². The number of hydrogen-bond donors (Lipinski definition) is 0. The van der Waals surface area contributed by atoms with Crippen LogP contribution >= 0.6 is 0 Å². The van der Waals surface area contributed by atoms with Gasteiger partial charge in [-0.05, 0) is 12.7 Å². The van der Waals surface area contributed by atoms with Gasteiger partial charge in [0.25, 0.3) is 0 Å². The smallest absolute Gasteiger partial charge is 0.450 e. The van der Waals surface area contributed by atoms with E-state index in [0.29, 0.717) is 5.89 Å². The summed E-state index contributed by atoms with van der Waals surface area (Å²) in [4.78, 5) is 3.63. The predicted molar refractivity (Wildman–Crippen MR) is 28.9 cm³/mol. The Morgan fingerprint density at radius 2 is 2.33 bits per heavy atom. The third kappa shape index (κ3) is 4.36. The summed E-state index contributed by atoms with van der Waals surface area (Å²) in [5.41, 5.74) is 0. The van der Waals surface area contributed by atoms with E-state index in [1.807, 2.05) is 6.92 Å². The van der Waals surface area contributed by atoms with Crippen molar-refractivity contribution in [3.05, 3.63) is 19.6 Å². The fourth-order valence-electron chi connectivity index (χ4n) is 0.313. The summed E-state index contributed by atoms with van der Waals surface area (Å²) < 4.78 is 4.57. The van der Waals surface area contributed by atoms with Crippen molar-refractivity contribution in [1.29, 1.82) is 0 Å². The summed E-state index contributed by atoms with van der Waals surface area (Å²) in [6, 6.07) is 0. The van der Waals surface area contributed by atoms with E-state index in [2.05, 4.69) is 21.0 Å². The molecule has 1 heterocycles. The van der Waals surface area contributed by atoms with E-state index in [1.165, 1.54) is 0 Å². The van der Waals surface area contributed by atoms with Gasteiger partial charge >= 0.3 is 58.2 Å². The molecule has 0 aromatic carbocycles. The SMILES string of the molecule is CCc1n[c-]no1.[CH3-].[Rb+]. The van der Waals surface area contributed by atoms with Gasteiger partial charge in [-0.2, -0.15) is 5.16 Å². The fourth-order valence-corrected chi connectivity index (χ4v) is 0.313. The molecule has 0 saturated carbocycles. The van der Waals surface area contributed by atoms with Crippen LogP contribution in [0.25, 0.3) is 0 Å². The van der Waals surface area contributed by atoms with Gasteiger partial charge in [0.2, 0.25) is 0 Å². The van der Waals surface area contributed by atoms with Gasteiger partial charge in [-0.25, -0.2) is 0 Å². The predicted octanol–water partition coefficient (Wildman–Crippen LogP) is -2.11. The Bertz CT molecular complexity index is 130. The van der Waals surface area contributed by atoms with Crippen LogP contribution in [0.1, 0.15) is 12.8 Å². The van der Waals surface area contributed by atoms with Crippen molar-refractivity contribution in [2.75, 3.05) is 0 Å². The number of hydrogen-bond acceptors (Lipinski definition) is 3. The van der Waals surface area contributed by atoms with Gasteiger partial charge in [0.15, 0.2) is 0 Å². The average Bonchev–Trinajstić information content (AvgIpc) is 2.14. The van der Waals surface area contributed by atoms with E-state index in [4.69, 9.17) is 0 Å². The van der Waals surface area contributed by atoms with E-state index in [-0.39, 0.29) is 65.6 Å². The molecule has 0 bridgehead atoms. The van der Waals surface area contributed by atoms with Crippen LogP contribution in [0.15, 0.2) is 4.52 Å². The molecule has 1 aromatic rings. The third-order valence-corrected chi connectivity index (χ3v) is 0.669. The molecule has 0 N–H and O–H groups in total. The maximum Gasteiger partial charge on any atom is 1.00 e. The number of aryl methyl sites for hydroxylation is 1. The molecule has 0 radical (unpaired) electrons. The number of aromatic nitrogens is 2. The Morgan fingerprint density at radius 1 is 1.67 bits per heavy atom. The van der Waals surface area contributed by atoms with Crippen molar-refractivity contribution in [3.63, 3.8) is 0 Å². The quantitative estimate of drug-likeness (QED) is 0.484. The van der Waals surface area contributed by atoms with Gasteiger partial charge in [-0.1, -0.05) is 6.92 Å². The van der Waals surface area contributed by atoms with Crippen LogP contribution in [0, 0.1) is 13.8 Å². The van der Waals surface area contributed by atoms with E-state index >= 15 is 0 Å². The summed E-state index contributed by atoms with van der Waals surface area (Å²) in [6.45, 7) is 1.95. The first kappa shape index (κ1) is 12.6. The largest absolute Gasteiger partial charge is 1.00 e. The first-order chi connectivity index (χ1) is 3.43. The minimum absolute atomic E-state index is 0. The standard InChI is InChI=1S/C4H5N2O.CH3.Rb/c1-2-4-5-3-6-7-4;;/h2H2,1H3;1H3;/q2*-1;+1. The van der Waals surface area contributed by atoms with Crippen molar-refractivity contribution in [3.8, 4) is 0 Å². The first-order valence-electron chi connectivity index (χ1n) is 2.12. The summed E-state index contributed by atoms with van der Waals surface area (Å²) in [7, 11) is 0. The summed E-state index contributed by atoms with van der Waals surface area (Å²) in [6.07, 6.45) is 3.10. The Labute approximate surface area is 104 Å². The molecule has 0 atom stereocenters.